The van der Waals surface area contributed by atoms with Crippen LogP contribution in [0.15, 0.2) is 30.5 Å². The monoisotopic (exact) mass is 258 g/mol. The lowest BCUT2D eigenvalue weighted by Gasteiger charge is -2.09. The minimum absolute atomic E-state index is 0.512. The molecule has 100 valence electrons. The van der Waals surface area contributed by atoms with Gasteiger partial charge in [0, 0.05) is 18.4 Å². The molecule has 1 heterocycles. The van der Waals surface area contributed by atoms with Crippen LogP contribution in [0.2, 0.25) is 0 Å². The van der Waals surface area contributed by atoms with Gasteiger partial charge >= 0.3 is 0 Å². The lowest BCUT2D eigenvalue weighted by molar-refractivity contribution is 0.328. The minimum atomic E-state index is 0.512. The summed E-state index contributed by atoms with van der Waals surface area (Å²) in [5, 5.41) is 3.24. The summed E-state index contributed by atoms with van der Waals surface area (Å²) in [7, 11) is 0. The Morgan fingerprint density at radius 2 is 1.95 bits per heavy atom. The lowest BCUT2D eigenvalue weighted by atomic mass is 10.3. The number of benzene rings is 1. The SMILES string of the molecule is Cc1cnc(C)c(Nc2ccc(OCCN)cc2)n1. The number of ether oxygens (including phenoxy) is 1. The predicted octanol–water partition coefficient (Wildman–Crippen LogP) is 2.17. The smallest absolute Gasteiger partial charge is 0.152 e. The third-order valence-corrected chi connectivity index (χ3v) is 2.58. The van der Waals surface area contributed by atoms with E-state index in [1.807, 2.05) is 38.1 Å². The summed E-state index contributed by atoms with van der Waals surface area (Å²) in [6, 6.07) is 7.68. The van der Waals surface area contributed by atoms with E-state index in [-0.39, 0.29) is 0 Å². The molecule has 0 atom stereocenters. The van der Waals surface area contributed by atoms with Crippen molar-refractivity contribution in [3.05, 3.63) is 41.9 Å². The Hall–Kier alpha value is -2.14. The Morgan fingerprint density at radius 3 is 2.63 bits per heavy atom. The molecule has 0 unspecified atom stereocenters. The molecule has 0 aliphatic heterocycles. The van der Waals surface area contributed by atoms with Crippen molar-refractivity contribution in [2.75, 3.05) is 18.5 Å². The Balaban J connectivity index is 2.08. The standard InChI is InChI=1S/C14H18N4O/c1-10-9-16-11(2)14(17-10)18-12-3-5-13(6-4-12)19-8-7-15/h3-6,9H,7-8,15H2,1-2H3,(H,17,18). The van der Waals surface area contributed by atoms with Gasteiger partial charge in [0.15, 0.2) is 5.82 Å². The van der Waals surface area contributed by atoms with Gasteiger partial charge in [-0.1, -0.05) is 0 Å². The molecule has 1 aromatic heterocycles. The summed E-state index contributed by atoms with van der Waals surface area (Å²) < 4.78 is 5.42. The molecule has 2 rings (SSSR count). The molecule has 2 aromatic rings. The highest BCUT2D eigenvalue weighted by atomic mass is 16.5. The van der Waals surface area contributed by atoms with Crippen molar-refractivity contribution in [1.29, 1.82) is 0 Å². The van der Waals surface area contributed by atoms with E-state index in [2.05, 4.69) is 15.3 Å². The van der Waals surface area contributed by atoms with Crippen LogP contribution in [-0.2, 0) is 0 Å². The Bertz CT molecular complexity index is 540. The minimum Gasteiger partial charge on any atom is -0.492 e. The number of rotatable bonds is 5. The van der Waals surface area contributed by atoms with E-state index >= 15 is 0 Å². The first kappa shape index (κ1) is 13.3. The molecular formula is C14H18N4O. The van der Waals surface area contributed by atoms with Gasteiger partial charge in [-0.2, -0.15) is 0 Å². The van der Waals surface area contributed by atoms with Crippen molar-refractivity contribution in [3.8, 4) is 5.75 Å². The van der Waals surface area contributed by atoms with Crippen molar-refractivity contribution in [2.24, 2.45) is 5.73 Å². The van der Waals surface area contributed by atoms with Crippen LogP contribution in [0.1, 0.15) is 11.4 Å². The highest BCUT2D eigenvalue weighted by Crippen LogP contribution is 2.20. The second-order valence-corrected chi connectivity index (χ2v) is 4.23. The van der Waals surface area contributed by atoms with Crippen molar-refractivity contribution < 1.29 is 4.74 Å². The molecule has 0 spiro atoms. The predicted molar refractivity (Wildman–Crippen MR) is 75.8 cm³/mol. The Morgan fingerprint density at radius 1 is 1.21 bits per heavy atom. The second-order valence-electron chi connectivity index (χ2n) is 4.23. The van der Waals surface area contributed by atoms with E-state index in [4.69, 9.17) is 10.5 Å². The molecule has 19 heavy (non-hydrogen) atoms. The highest BCUT2D eigenvalue weighted by Gasteiger charge is 2.02. The van der Waals surface area contributed by atoms with Crippen molar-refractivity contribution in [1.82, 2.24) is 9.97 Å². The number of nitrogens with two attached hydrogens (primary N) is 1. The third kappa shape index (κ3) is 3.66. The molecule has 0 aliphatic rings. The molecule has 0 fully saturated rings. The molecule has 5 nitrogen and oxygen atoms in total. The quantitative estimate of drug-likeness (QED) is 0.860. The first-order chi connectivity index (χ1) is 9.19. The van der Waals surface area contributed by atoms with Crippen LogP contribution in [0.25, 0.3) is 0 Å². The van der Waals surface area contributed by atoms with Crippen molar-refractivity contribution in [2.45, 2.75) is 13.8 Å². The van der Waals surface area contributed by atoms with Crippen LogP contribution in [0, 0.1) is 13.8 Å². The molecule has 5 heteroatoms. The number of hydrogen-bond acceptors (Lipinski definition) is 5. The third-order valence-electron chi connectivity index (χ3n) is 2.58. The number of nitrogens with zero attached hydrogens (tertiary/aromatic N) is 2. The summed E-state index contributed by atoms with van der Waals surface area (Å²) in [6.07, 6.45) is 1.75. The van der Waals surface area contributed by atoms with Crippen LogP contribution in [0.3, 0.4) is 0 Å². The van der Waals surface area contributed by atoms with Gasteiger partial charge < -0.3 is 15.8 Å². The van der Waals surface area contributed by atoms with Gasteiger partial charge in [0.25, 0.3) is 0 Å². The van der Waals surface area contributed by atoms with Gasteiger partial charge in [0.2, 0.25) is 0 Å². The fraction of sp³-hybridized carbons (Fsp3) is 0.286. The van der Waals surface area contributed by atoms with E-state index in [0.717, 1.165) is 28.6 Å². The average Bonchev–Trinajstić information content (AvgIpc) is 2.42. The molecule has 3 N–H and O–H groups in total. The highest BCUT2D eigenvalue weighted by molar-refractivity contribution is 5.58. The molecule has 1 aromatic carbocycles. The van der Waals surface area contributed by atoms with E-state index < -0.39 is 0 Å². The number of aromatic nitrogens is 2. The Labute approximate surface area is 112 Å². The van der Waals surface area contributed by atoms with Crippen LogP contribution in [0.4, 0.5) is 11.5 Å². The molecule has 0 bridgehead atoms. The molecule has 0 saturated carbocycles. The van der Waals surface area contributed by atoms with E-state index in [1.54, 1.807) is 6.20 Å². The van der Waals surface area contributed by atoms with Crippen LogP contribution < -0.4 is 15.8 Å². The van der Waals surface area contributed by atoms with Gasteiger partial charge in [-0.3, -0.25) is 4.98 Å². The fourth-order valence-corrected chi connectivity index (χ4v) is 1.60. The largest absolute Gasteiger partial charge is 0.492 e. The molecular weight excluding hydrogens is 240 g/mol. The maximum Gasteiger partial charge on any atom is 0.152 e. The molecule has 0 amide bonds. The number of anilines is 2. The number of hydrogen-bond donors (Lipinski definition) is 2. The normalized spacial score (nSPS) is 10.3. The average molecular weight is 258 g/mol. The van der Waals surface area contributed by atoms with Crippen LogP contribution >= 0.6 is 0 Å². The van der Waals surface area contributed by atoms with Gasteiger partial charge in [-0.15, -0.1) is 0 Å². The summed E-state index contributed by atoms with van der Waals surface area (Å²) in [5.41, 5.74) is 8.09. The van der Waals surface area contributed by atoms with Gasteiger partial charge in [0.05, 0.1) is 11.4 Å². The van der Waals surface area contributed by atoms with E-state index in [1.165, 1.54) is 0 Å². The topological polar surface area (TPSA) is 73.1 Å². The van der Waals surface area contributed by atoms with Crippen LogP contribution in [-0.4, -0.2) is 23.1 Å². The molecule has 0 radical (unpaired) electrons. The zero-order chi connectivity index (χ0) is 13.7. The Kier molecular flexibility index (Phi) is 4.30. The lowest BCUT2D eigenvalue weighted by Crippen LogP contribution is -2.10. The van der Waals surface area contributed by atoms with E-state index in [9.17, 15) is 0 Å². The van der Waals surface area contributed by atoms with Gasteiger partial charge in [-0.05, 0) is 38.1 Å². The number of nitrogens with one attached hydrogen (secondary N) is 1. The first-order valence-electron chi connectivity index (χ1n) is 6.19. The second kappa shape index (κ2) is 6.15. The number of aryl methyl sites for hydroxylation is 2. The summed E-state index contributed by atoms with van der Waals surface area (Å²) >= 11 is 0. The zero-order valence-corrected chi connectivity index (χ0v) is 11.2. The summed E-state index contributed by atoms with van der Waals surface area (Å²) in [4.78, 5) is 8.69. The first-order valence-corrected chi connectivity index (χ1v) is 6.19. The van der Waals surface area contributed by atoms with Gasteiger partial charge in [-0.25, -0.2) is 4.98 Å². The van der Waals surface area contributed by atoms with Gasteiger partial charge in [0.1, 0.15) is 12.4 Å². The summed E-state index contributed by atoms with van der Waals surface area (Å²) in [5.74, 6) is 1.58. The zero-order valence-electron chi connectivity index (χ0n) is 11.2. The fourth-order valence-electron chi connectivity index (χ4n) is 1.60. The maximum atomic E-state index is 5.42. The molecule has 0 aliphatic carbocycles. The van der Waals surface area contributed by atoms with Crippen molar-refractivity contribution in [3.63, 3.8) is 0 Å². The summed E-state index contributed by atoms with van der Waals surface area (Å²) in [6.45, 7) is 4.88. The van der Waals surface area contributed by atoms with Crippen LogP contribution in [0.5, 0.6) is 5.75 Å². The van der Waals surface area contributed by atoms with E-state index in [0.29, 0.717) is 13.2 Å². The maximum absolute atomic E-state index is 5.42. The molecule has 0 saturated heterocycles. The van der Waals surface area contributed by atoms with Crippen molar-refractivity contribution >= 4 is 11.5 Å².